The van der Waals surface area contributed by atoms with Gasteiger partial charge in [0, 0.05) is 19.1 Å². The van der Waals surface area contributed by atoms with Crippen molar-refractivity contribution in [3.63, 3.8) is 0 Å². The molecule has 1 aromatic carbocycles. The maximum atomic E-state index is 12.4. The summed E-state index contributed by atoms with van der Waals surface area (Å²) >= 11 is 0. The second-order valence-corrected chi connectivity index (χ2v) is 5.04. The number of hydrogen-bond donors (Lipinski definition) is 1. The van der Waals surface area contributed by atoms with Crippen molar-refractivity contribution >= 4 is 5.91 Å². The maximum absolute atomic E-state index is 12.4. The Bertz CT molecular complexity index is 417. The molecule has 0 saturated carbocycles. The standard InChI is InChI=1S/C15H22N2O/c1-12-6-3-4-7-13(12)10-15(18)17-9-5-8-14(17)11-16-2/h3-4,6-7,14,16H,5,8-11H2,1-2H3/t14-/m1/s1. The van der Waals surface area contributed by atoms with Gasteiger partial charge >= 0.3 is 0 Å². The molecule has 1 amide bonds. The summed E-state index contributed by atoms with van der Waals surface area (Å²) in [7, 11) is 1.95. The van der Waals surface area contributed by atoms with Crippen molar-refractivity contribution < 1.29 is 4.79 Å². The molecule has 1 aliphatic rings. The predicted octanol–water partition coefficient (Wildman–Crippen LogP) is 1.75. The number of benzene rings is 1. The number of carbonyl (C=O) groups excluding carboxylic acids is 1. The monoisotopic (exact) mass is 246 g/mol. The van der Waals surface area contributed by atoms with Crippen molar-refractivity contribution in [2.45, 2.75) is 32.2 Å². The van der Waals surface area contributed by atoms with Crippen LogP contribution in [0.4, 0.5) is 0 Å². The van der Waals surface area contributed by atoms with Crippen molar-refractivity contribution in [2.75, 3.05) is 20.1 Å². The zero-order chi connectivity index (χ0) is 13.0. The van der Waals surface area contributed by atoms with Crippen LogP contribution >= 0.6 is 0 Å². The van der Waals surface area contributed by atoms with E-state index in [0.717, 1.165) is 31.5 Å². The number of carbonyl (C=O) groups is 1. The van der Waals surface area contributed by atoms with Crippen molar-refractivity contribution in [3.05, 3.63) is 35.4 Å². The third kappa shape index (κ3) is 2.91. The van der Waals surface area contributed by atoms with Crippen LogP contribution in [0.25, 0.3) is 0 Å². The predicted molar refractivity (Wildman–Crippen MR) is 73.5 cm³/mol. The Morgan fingerprint density at radius 2 is 2.22 bits per heavy atom. The number of amides is 1. The summed E-state index contributed by atoms with van der Waals surface area (Å²) in [6.07, 6.45) is 2.79. The van der Waals surface area contributed by atoms with Crippen LogP contribution in [0.5, 0.6) is 0 Å². The fourth-order valence-corrected chi connectivity index (χ4v) is 2.68. The van der Waals surface area contributed by atoms with E-state index in [1.807, 2.05) is 24.1 Å². The molecule has 1 saturated heterocycles. The first-order valence-corrected chi connectivity index (χ1v) is 6.71. The van der Waals surface area contributed by atoms with Gasteiger partial charge in [-0.25, -0.2) is 0 Å². The van der Waals surface area contributed by atoms with Crippen LogP contribution in [0.1, 0.15) is 24.0 Å². The summed E-state index contributed by atoms with van der Waals surface area (Å²) in [6.45, 7) is 3.88. The van der Waals surface area contributed by atoms with Crippen LogP contribution in [-0.2, 0) is 11.2 Å². The third-order valence-corrected chi connectivity index (χ3v) is 3.74. The van der Waals surface area contributed by atoms with Crippen LogP contribution in [0.15, 0.2) is 24.3 Å². The Morgan fingerprint density at radius 1 is 1.44 bits per heavy atom. The normalized spacial score (nSPS) is 19.2. The molecule has 98 valence electrons. The minimum Gasteiger partial charge on any atom is -0.338 e. The van der Waals surface area contributed by atoms with E-state index in [0.29, 0.717) is 12.5 Å². The fraction of sp³-hybridized carbons (Fsp3) is 0.533. The average Bonchev–Trinajstić information content (AvgIpc) is 2.81. The molecule has 1 aromatic rings. The lowest BCUT2D eigenvalue weighted by Gasteiger charge is -2.25. The van der Waals surface area contributed by atoms with Gasteiger partial charge in [0.2, 0.25) is 5.91 Å². The molecule has 1 heterocycles. The number of nitrogens with zero attached hydrogens (tertiary/aromatic N) is 1. The molecule has 0 aromatic heterocycles. The van der Waals surface area contributed by atoms with Crippen molar-refractivity contribution in [3.8, 4) is 0 Å². The fourth-order valence-electron chi connectivity index (χ4n) is 2.68. The molecule has 0 radical (unpaired) electrons. The van der Waals surface area contributed by atoms with E-state index in [9.17, 15) is 4.79 Å². The van der Waals surface area contributed by atoms with Crippen LogP contribution in [-0.4, -0.2) is 37.0 Å². The first-order valence-electron chi connectivity index (χ1n) is 6.71. The smallest absolute Gasteiger partial charge is 0.227 e. The van der Waals surface area contributed by atoms with Gasteiger partial charge < -0.3 is 10.2 Å². The van der Waals surface area contributed by atoms with E-state index >= 15 is 0 Å². The van der Waals surface area contributed by atoms with Crippen LogP contribution in [0.2, 0.25) is 0 Å². The van der Waals surface area contributed by atoms with Gasteiger partial charge in [0.1, 0.15) is 0 Å². The summed E-state index contributed by atoms with van der Waals surface area (Å²) in [5.74, 6) is 0.266. The molecule has 3 heteroatoms. The van der Waals surface area contributed by atoms with E-state index in [-0.39, 0.29) is 5.91 Å². The number of nitrogens with one attached hydrogen (secondary N) is 1. The molecule has 3 nitrogen and oxygen atoms in total. The number of aryl methyl sites for hydroxylation is 1. The molecule has 18 heavy (non-hydrogen) atoms. The van der Waals surface area contributed by atoms with Crippen LogP contribution < -0.4 is 5.32 Å². The van der Waals surface area contributed by atoms with Gasteiger partial charge in [-0.1, -0.05) is 24.3 Å². The Kier molecular flexibility index (Phi) is 4.37. The summed E-state index contributed by atoms with van der Waals surface area (Å²) in [5.41, 5.74) is 2.35. The molecule has 0 spiro atoms. The average molecular weight is 246 g/mol. The SMILES string of the molecule is CNC[C@H]1CCCN1C(=O)Cc1ccccc1C. The summed E-state index contributed by atoms with van der Waals surface area (Å²) < 4.78 is 0. The number of likely N-dealkylation sites (tertiary alicyclic amines) is 1. The van der Waals surface area contributed by atoms with E-state index < -0.39 is 0 Å². The summed E-state index contributed by atoms with van der Waals surface area (Å²) in [6, 6.07) is 8.52. The molecule has 0 aliphatic carbocycles. The highest BCUT2D eigenvalue weighted by Gasteiger charge is 2.27. The Hall–Kier alpha value is -1.35. The third-order valence-electron chi connectivity index (χ3n) is 3.74. The maximum Gasteiger partial charge on any atom is 0.227 e. The van der Waals surface area contributed by atoms with Gasteiger partial charge in [-0.2, -0.15) is 0 Å². The number of likely N-dealkylation sites (N-methyl/N-ethyl adjacent to an activating group) is 1. The number of rotatable bonds is 4. The van der Waals surface area contributed by atoms with Crippen molar-refractivity contribution in [2.24, 2.45) is 0 Å². The van der Waals surface area contributed by atoms with E-state index in [2.05, 4.69) is 24.4 Å². The minimum atomic E-state index is 0.266. The molecular formula is C15H22N2O. The lowest BCUT2D eigenvalue weighted by molar-refractivity contribution is -0.131. The van der Waals surface area contributed by atoms with Gasteiger partial charge in [-0.15, -0.1) is 0 Å². The molecule has 1 fully saturated rings. The van der Waals surface area contributed by atoms with Crippen LogP contribution in [0, 0.1) is 6.92 Å². The second-order valence-electron chi connectivity index (χ2n) is 5.04. The first-order chi connectivity index (χ1) is 8.72. The second kappa shape index (κ2) is 6.01. The molecule has 0 unspecified atom stereocenters. The number of hydrogen-bond acceptors (Lipinski definition) is 2. The van der Waals surface area contributed by atoms with E-state index in [1.165, 1.54) is 5.56 Å². The molecule has 1 atom stereocenters. The van der Waals surface area contributed by atoms with Crippen molar-refractivity contribution in [1.82, 2.24) is 10.2 Å². The summed E-state index contributed by atoms with van der Waals surface area (Å²) in [4.78, 5) is 14.4. The van der Waals surface area contributed by atoms with Crippen molar-refractivity contribution in [1.29, 1.82) is 0 Å². The molecule has 0 bridgehead atoms. The highest BCUT2D eigenvalue weighted by atomic mass is 16.2. The van der Waals surface area contributed by atoms with Gasteiger partial charge in [-0.3, -0.25) is 4.79 Å². The minimum absolute atomic E-state index is 0.266. The Morgan fingerprint density at radius 3 is 2.94 bits per heavy atom. The van der Waals surface area contributed by atoms with Gasteiger partial charge in [0.25, 0.3) is 0 Å². The quantitative estimate of drug-likeness (QED) is 0.878. The largest absolute Gasteiger partial charge is 0.338 e. The zero-order valence-corrected chi connectivity index (χ0v) is 11.3. The lowest BCUT2D eigenvalue weighted by atomic mass is 10.1. The molecule has 1 aliphatic heterocycles. The first kappa shape index (κ1) is 13.1. The summed E-state index contributed by atoms with van der Waals surface area (Å²) in [5, 5.41) is 3.18. The molecular weight excluding hydrogens is 224 g/mol. The topological polar surface area (TPSA) is 32.3 Å². The molecule has 1 N–H and O–H groups in total. The van der Waals surface area contributed by atoms with Gasteiger partial charge in [0.15, 0.2) is 0 Å². The van der Waals surface area contributed by atoms with Gasteiger partial charge in [0.05, 0.1) is 6.42 Å². The van der Waals surface area contributed by atoms with E-state index in [4.69, 9.17) is 0 Å². The van der Waals surface area contributed by atoms with Crippen LogP contribution in [0.3, 0.4) is 0 Å². The zero-order valence-electron chi connectivity index (χ0n) is 11.3. The Labute approximate surface area is 109 Å². The Balaban J connectivity index is 2.01. The lowest BCUT2D eigenvalue weighted by Crippen LogP contribution is -2.41. The molecule has 2 rings (SSSR count). The highest BCUT2D eigenvalue weighted by molar-refractivity contribution is 5.79. The van der Waals surface area contributed by atoms with E-state index in [1.54, 1.807) is 0 Å². The van der Waals surface area contributed by atoms with Gasteiger partial charge in [-0.05, 0) is 37.9 Å². The highest BCUT2D eigenvalue weighted by Crippen LogP contribution is 2.19.